The van der Waals surface area contributed by atoms with Crippen LogP contribution in [0.25, 0.3) is 0 Å². The highest BCUT2D eigenvalue weighted by molar-refractivity contribution is 9.10. The summed E-state index contributed by atoms with van der Waals surface area (Å²) < 4.78 is 38.6. The molecule has 0 amide bonds. The summed E-state index contributed by atoms with van der Waals surface area (Å²) in [7, 11) is -2.24. The maximum absolute atomic E-state index is 12.4. The number of methoxy groups -OCH3 is 1. The molecule has 2 aromatic rings. The molecule has 0 saturated carbocycles. The summed E-state index contributed by atoms with van der Waals surface area (Å²) in [5.74, 6) is 1.01. The van der Waals surface area contributed by atoms with Crippen LogP contribution in [-0.2, 0) is 16.4 Å². The lowest BCUT2D eigenvalue weighted by atomic mass is 10.2. The maximum Gasteiger partial charge on any atom is 0.244 e. The van der Waals surface area contributed by atoms with Crippen LogP contribution in [0.3, 0.4) is 0 Å². The van der Waals surface area contributed by atoms with Crippen molar-refractivity contribution < 1.29 is 17.9 Å². The van der Waals surface area contributed by atoms with E-state index < -0.39 is 10.0 Å². The Morgan fingerprint density at radius 3 is 2.46 bits per heavy atom. The Hall–Kier alpha value is -1.57. The van der Waals surface area contributed by atoms with Crippen molar-refractivity contribution in [1.82, 2.24) is 4.72 Å². The topological polar surface area (TPSA) is 64.6 Å². The van der Waals surface area contributed by atoms with Gasteiger partial charge in [0.05, 0.1) is 7.11 Å². The number of aryl methyl sites for hydroxylation is 1. The van der Waals surface area contributed by atoms with Gasteiger partial charge in [0.2, 0.25) is 10.0 Å². The number of ether oxygens (including phenoxy) is 2. The van der Waals surface area contributed by atoms with Gasteiger partial charge in [0.1, 0.15) is 23.0 Å². The van der Waals surface area contributed by atoms with Gasteiger partial charge in [-0.2, -0.15) is 0 Å². The first kappa shape index (κ1) is 18.8. The molecule has 5 nitrogen and oxygen atoms in total. The fourth-order valence-electron chi connectivity index (χ4n) is 2.10. The molecule has 0 radical (unpaired) electrons. The van der Waals surface area contributed by atoms with E-state index in [1.165, 1.54) is 18.7 Å². The van der Waals surface area contributed by atoms with Crippen LogP contribution in [-0.4, -0.2) is 28.7 Å². The highest BCUT2D eigenvalue weighted by Crippen LogP contribution is 2.26. The van der Waals surface area contributed by atoms with E-state index in [2.05, 4.69) is 27.6 Å². The average Bonchev–Trinajstić information content (AvgIpc) is 2.59. The Bertz CT molecular complexity index is 776. The normalized spacial score (nSPS) is 11.3. The molecule has 7 heteroatoms. The van der Waals surface area contributed by atoms with Crippen LogP contribution in [0.2, 0.25) is 0 Å². The molecule has 0 saturated heterocycles. The molecule has 0 aliphatic heterocycles. The van der Waals surface area contributed by atoms with Crippen molar-refractivity contribution in [3.05, 3.63) is 52.5 Å². The van der Waals surface area contributed by atoms with Crippen LogP contribution in [0.15, 0.2) is 51.8 Å². The van der Waals surface area contributed by atoms with Crippen LogP contribution in [0.4, 0.5) is 0 Å². The molecule has 1 N–H and O–H groups in total. The highest BCUT2D eigenvalue weighted by Gasteiger charge is 2.19. The summed E-state index contributed by atoms with van der Waals surface area (Å²) in [5.41, 5.74) is 1.23. The minimum absolute atomic E-state index is 0.0895. The van der Waals surface area contributed by atoms with E-state index in [4.69, 9.17) is 9.47 Å². The summed E-state index contributed by atoms with van der Waals surface area (Å²) in [4.78, 5) is 0.0895. The molecule has 0 atom stereocenters. The van der Waals surface area contributed by atoms with E-state index in [0.717, 1.165) is 6.42 Å². The lowest BCUT2D eigenvalue weighted by Gasteiger charge is -2.12. The number of halogens is 1. The van der Waals surface area contributed by atoms with E-state index in [-0.39, 0.29) is 18.0 Å². The second-order valence-corrected chi connectivity index (χ2v) is 7.69. The standard InChI is InChI=1S/C17H20BrNO4S/c1-3-13-4-7-15(8-5-13)23-11-10-19-24(20,21)17-12-14(18)6-9-16(17)22-2/h4-9,12,19H,3,10-11H2,1-2H3. The van der Waals surface area contributed by atoms with Gasteiger partial charge in [-0.25, -0.2) is 13.1 Å². The fourth-order valence-corrected chi connectivity index (χ4v) is 3.82. The van der Waals surface area contributed by atoms with Crippen molar-refractivity contribution in [2.75, 3.05) is 20.3 Å². The minimum Gasteiger partial charge on any atom is -0.495 e. The van der Waals surface area contributed by atoms with Crippen LogP contribution in [0.5, 0.6) is 11.5 Å². The van der Waals surface area contributed by atoms with Crippen molar-refractivity contribution in [2.24, 2.45) is 0 Å². The molecule has 24 heavy (non-hydrogen) atoms. The zero-order valence-corrected chi connectivity index (χ0v) is 16.0. The Morgan fingerprint density at radius 2 is 1.83 bits per heavy atom. The van der Waals surface area contributed by atoms with Gasteiger partial charge >= 0.3 is 0 Å². The first-order valence-electron chi connectivity index (χ1n) is 7.51. The molecule has 130 valence electrons. The summed E-state index contributed by atoms with van der Waals surface area (Å²) in [6, 6.07) is 12.6. The van der Waals surface area contributed by atoms with Crippen LogP contribution in [0, 0.1) is 0 Å². The Morgan fingerprint density at radius 1 is 1.12 bits per heavy atom. The lowest BCUT2D eigenvalue weighted by molar-refractivity contribution is 0.322. The van der Waals surface area contributed by atoms with Crippen molar-refractivity contribution in [2.45, 2.75) is 18.2 Å². The molecule has 0 aliphatic rings. The number of hydrogen-bond acceptors (Lipinski definition) is 4. The smallest absolute Gasteiger partial charge is 0.244 e. The third-order valence-corrected chi connectivity index (χ3v) is 5.39. The predicted molar refractivity (Wildman–Crippen MR) is 97.2 cm³/mol. The third-order valence-electron chi connectivity index (χ3n) is 3.41. The van der Waals surface area contributed by atoms with Gasteiger partial charge in [0, 0.05) is 11.0 Å². The average molecular weight is 414 g/mol. The van der Waals surface area contributed by atoms with Crippen molar-refractivity contribution in [3.63, 3.8) is 0 Å². The molecule has 0 heterocycles. The number of sulfonamides is 1. The Kier molecular flexibility index (Phi) is 6.65. The SMILES string of the molecule is CCc1ccc(OCCNS(=O)(=O)c2cc(Br)ccc2OC)cc1. The number of rotatable bonds is 8. The molecule has 0 bridgehead atoms. The Labute approximate surface area is 151 Å². The molecule has 2 rings (SSSR count). The van der Waals surface area contributed by atoms with Crippen molar-refractivity contribution in [1.29, 1.82) is 0 Å². The van der Waals surface area contributed by atoms with Crippen molar-refractivity contribution in [3.8, 4) is 11.5 Å². The molecule has 2 aromatic carbocycles. The first-order chi connectivity index (χ1) is 11.5. The van der Waals surface area contributed by atoms with Gasteiger partial charge in [-0.15, -0.1) is 0 Å². The van der Waals surface area contributed by atoms with Gasteiger partial charge in [-0.3, -0.25) is 0 Å². The van der Waals surface area contributed by atoms with E-state index in [9.17, 15) is 8.42 Å². The monoisotopic (exact) mass is 413 g/mol. The second-order valence-electron chi connectivity index (χ2n) is 5.04. The number of benzene rings is 2. The molecular weight excluding hydrogens is 394 g/mol. The lowest BCUT2D eigenvalue weighted by Crippen LogP contribution is -2.28. The van der Waals surface area contributed by atoms with Crippen LogP contribution >= 0.6 is 15.9 Å². The molecule has 0 aromatic heterocycles. The van der Waals surface area contributed by atoms with E-state index >= 15 is 0 Å². The number of nitrogens with one attached hydrogen (secondary N) is 1. The molecule has 0 spiro atoms. The maximum atomic E-state index is 12.4. The quantitative estimate of drug-likeness (QED) is 0.673. The summed E-state index contributed by atoms with van der Waals surface area (Å²) in [5, 5.41) is 0. The fraction of sp³-hybridized carbons (Fsp3) is 0.294. The molecule has 0 aliphatic carbocycles. The van der Waals surface area contributed by atoms with E-state index in [0.29, 0.717) is 16.0 Å². The zero-order valence-electron chi connectivity index (χ0n) is 13.6. The van der Waals surface area contributed by atoms with Gasteiger partial charge in [0.25, 0.3) is 0 Å². The van der Waals surface area contributed by atoms with Gasteiger partial charge in [-0.1, -0.05) is 35.0 Å². The second kappa shape index (κ2) is 8.50. The van der Waals surface area contributed by atoms with Crippen LogP contribution < -0.4 is 14.2 Å². The predicted octanol–water partition coefficient (Wildman–Crippen LogP) is 3.38. The zero-order chi connectivity index (χ0) is 17.6. The summed E-state index contributed by atoms with van der Waals surface area (Å²) >= 11 is 3.27. The molecule has 0 fully saturated rings. The minimum atomic E-state index is -3.68. The Balaban J connectivity index is 1.94. The van der Waals surface area contributed by atoms with Gasteiger partial charge in [0.15, 0.2) is 0 Å². The van der Waals surface area contributed by atoms with E-state index in [1.807, 2.05) is 24.3 Å². The molecular formula is C17H20BrNO4S. The van der Waals surface area contributed by atoms with Crippen molar-refractivity contribution >= 4 is 26.0 Å². The number of hydrogen-bond donors (Lipinski definition) is 1. The van der Waals surface area contributed by atoms with E-state index in [1.54, 1.807) is 12.1 Å². The molecule has 0 unspecified atom stereocenters. The first-order valence-corrected chi connectivity index (χ1v) is 9.79. The third kappa shape index (κ3) is 4.96. The summed E-state index contributed by atoms with van der Waals surface area (Å²) in [6.45, 7) is 2.48. The highest BCUT2D eigenvalue weighted by atomic mass is 79.9. The van der Waals surface area contributed by atoms with Crippen LogP contribution in [0.1, 0.15) is 12.5 Å². The van der Waals surface area contributed by atoms with Gasteiger partial charge in [-0.05, 0) is 42.3 Å². The van der Waals surface area contributed by atoms with Gasteiger partial charge < -0.3 is 9.47 Å². The largest absolute Gasteiger partial charge is 0.495 e. The summed E-state index contributed by atoms with van der Waals surface area (Å²) in [6.07, 6.45) is 0.967.